The normalized spacial score (nSPS) is 26.5. The minimum atomic E-state index is -2.24. The molecule has 0 radical (unpaired) electrons. The van der Waals surface area contributed by atoms with Crippen LogP contribution in [0.1, 0.15) is 189 Å². The summed E-state index contributed by atoms with van der Waals surface area (Å²) in [4.78, 5) is 191. The highest BCUT2D eigenvalue weighted by atomic mass is 16.8. The van der Waals surface area contributed by atoms with Crippen molar-refractivity contribution in [3.63, 3.8) is 0 Å². The molecule has 1 aliphatic carbocycles. The molecule has 1 aromatic carbocycles. The molecule has 0 bridgehead atoms. The Bertz CT molecular complexity index is 3930. The Balaban J connectivity index is 1.69. The number of nitrogens with zero attached hydrogens (tertiary/aromatic N) is 4. The van der Waals surface area contributed by atoms with Crippen LogP contribution in [0, 0.1) is 10.1 Å². The lowest BCUT2D eigenvalue weighted by molar-refractivity contribution is -0.384. The van der Waals surface area contributed by atoms with Crippen molar-refractivity contribution in [2.75, 3.05) is 13.1 Å². The van der Waals surface area contributed by atoms with Crippen LogP contribution in [0.4, 0.5) is 34.5 Å². The number of esters is 7. The first-order chi connectivity index (χ1) is 54.8. The third-order valence-electron chi connectivity index (χ3n) is 16.3. The number of non-ortho nitro benzene ring substituents is 1. The number of rotatable bonds is 26. The van der Waals surface area contributed by atoms with Crippen LogP contribution >= 0.6 is 0 Å². The van der Waals surface area contributed by atoms with Crippen LogP contribution < -0.4 is 31.9 Å². The molecule has 4 fully saturated rings. The maximum atomic E-state index is 14.6. The van der Waals surface area contributed by atoms with Crippen molar-refractivity contribution in [2.45, 2.75) is 336 Å². The Labute approximate surface area is 686 Å². The smallest absolute Gasteiger partial charge is 0.408 e. The highest BCUT2D eigenvalue weighted by Crippen LogP contribution is 2.40. The highest BCUT2D eigenvalue weighted by molar-refractivity contribution is 5.89. The fourth-order valence-electron chi connectivity index (χ4n) is 12.5. The molecule has 4 aliphatic rings. The number of hydrogen-bond acceptors (Lipinski definition) is 36. The fourth-order valence-corrected chi connectivity index (χ4v) is 12.5. The molecule has 19 atom stereocenters. The molecular weight excluding hydrogens is 1580 g/mol. The van der Waals surface area contributed by atoms with Crippen LogP contribution in [-0.4, -0.2) is 261 Å². The molecule has 3 saturated heterocycles. The van der Waals surface area contributed by atoms with Crippen molar-refractivity contribution in [1.29, 1.82) is 0 Å². The summed E-state index contributed by atoms with van der Waals surface area (Å²) in [5.74, 6) is -7.31. The molecule has 0 spiro atoms. The van der Waals surface area contributed by atoms with Crippen LogP contribution in [0.3, 0.4) is 0 Å². The lowest BCUT2D eigenvalue weighted by atomic mass is 9.83. The van der Waals surface area contributed by atoms with Crippen LogP contribution in [0.25, 0.3) is 0 Å². The Kier molecular flexibility index (Phi) is 33.1. The predicted octanol–water partition coefficient (Wildman–Crippen LogP) is 5.49. The van der Waals surface area contributed by atoms with Crippen molar-refractivity contribution in [2.24, 2.45) is 0 Å². The number of ether oxygens (including phenoxy) is 19. The van der Waals surface area contributed by atoms with Crippen molar-refractivity contribution >= 4 is 84.0 Å². The zero-order chi connectivity index (χ0) is 89.5. The minimum Gasteiger partial charge on any atom is -0.457 e. The SMILES string of the molecule is CC(=O)O[C@@H]1[C@@H](NC(=O)OC(C)(C)C)[C@@H](O[C@H]2[C@@H](OC(C)=O)[C@H](O[C@@H]3[C@@H](OC(C)=O)[C@H](NC(=O)OC(C)(C)C)C[C@H](NC(=O)OC(C)(C)C)[C@H]3O[C@H]3O[C@H](CNC(=O)OC(C)(C)C)[C@@H](OC(C)=O)[C@H](OC(C)=O)[C@H]3NC(=O)OC(C)(C)C)O[C@@H]2Cn2cc(COC(=O)c3ccc([N+](=O)[O-])cc3)nn2)O[C@@H](CNC(=O)OC(C)(C)C)[C@H]1OC(C)=O. The fraction of sp³-hybridized carbons (Fsp3) is 0.720. The quantitative estimate of drug-likeness (QED) is 0.0293. The van der Waals surface area contributed by atoms with Gasteiger partial charge in [-0.2, -0.15) is 0 Å². The number of nitro groups is 1. The molecule has 1 aromatic heterocycles. The molecule has 3 aliphatic heterocycles. The molecule has 44 nitrogen and oxygen atoms in total. The summed E-state index contributed by atoms with van der Waals surface area (Å²) in [6, 6.07) is -2.72. The van der Waals surface area contributed by atoms with Crippen LogP contribution in [0.5, 0.6) is 0 Å². The van der Waals surface area contributed by atoms with Gasteiger partial charge in [0.1, 0.15) is 94.6 Å². The van der Waals surface area contributed by atoms with Gasteiger partial charge < -0.3 is 122 Å². The average molecular weight is 1700 g/mol. The number of amides is 6. The van der Waals surface area contributed by atoms with Crippen LogP contribution in [-0.2, 0) is 132 Å². The summed E-state index contributed by atoms with van der Waals surface area (Å²) in [5.41, 5.74) is -7.73. The van der Waals surface area contributed by atoms with E-state index in [0.29, 0.717) is 0 Å². The number of nitro benzene ring substituents is 1. The van der Waals surface area contributed by atoms with Gasteiger partial charge in [0, 0.05) is 53.7 Å². The maximum absolute atomic E-state index is 14.6. The molecule has 1 saturated carbocycles. The second-order valence-corrected chi connectivity index (χ2v) is 34.0. The molecule has 2 aromatic rings. The lowest BCUT2D eigenvalue weighted by Crippen LogP contribution is -2.71. The van der Waals surface area contributed by atoms with Gasteiger partial charge in [-0.3, -0.25) is 38.9 Å². The van der Waals surface area contributed by atoms with Crippen molar-refractivity contribution in [1.82, 2.24) is 46.9 Å². The second kappa shape index (κ2) is 40.5. The van der Waals surface area contributed by atoms with Gasteiger partial charge in [0.05, 0.1) is 48.4 Å². The van der Waals surface area contributed by atoms with Gasteiger partial charge in [0.2, 0.25) is 0 Å². The summed E-state index contributed by atoms with van der Waals surface area (Å²) < 4.78 is 118. The molecule has 0 unspecified atom stereocenters. The van der Waals surface area contributed by atoms with Gasteiger partial charge in [-0.05, 0) is 143 Å². The highest BCUT2D eigenvalue weighted by Gasteiger charge is 2.61. The zero-order valence-corrected chi connectivity index (χ0v) is 71.1. The number of carbonyl (C=O) groups excluding carboxylic acids is 13. The van der Waals surface area contributed by atoms with Gasteiger partial charge in [-0.25, -0.2) is 38.2 Å². The van der Waals surface area contributed by atoms with E-state index in [0.717, 1.165) is 70.5 Å². The summed E-state index contributed by atoms with van der Waals surface area (Å²) >= 11 is 0. The first-order valence-corrected chi connectivity index (χ1v) is 38.0. The number of aromatic nitrogens is 3. The van der Waals surface area contributed by atoms with Crippen molar-refractivity contribution in [3.05, 3.63) is 51.8 Å². The third kappa shape index (κ3) is 31.9. The largest absolute Gasteiger partial charge is 0.457 e. The average Bonchev–Trinajstić information content (AvgIpc) is 1.75. The van der Waals surface area contributed by atoms with Gasteiger partial charge in [0.25, 0.3) is 5.69 Å². The lowest BCUT2D eigenvalue weighted by Gasteiger charge is -2.50. The number of benzene rings is 1. The van der Waals surface area contributed by atoms with Crippen molar-refractivity contribution < 1.29 is 157 Å². The van der Waals surface area contributed by atoms with Gasteiger partial charge >= 0.3 is 78.3 Å². The monoisotopic (exact) mass is 1700 g/mol. The van der Waals surface area contributed by atoms with E-state index in [4.69, 9.17) is 90.0 Å². The Morgan fingerprint density at radius 2 is 0.756 bits per heavy atom. The standard InChI is InChI=1S/C75H112N10O34/c1-35(86)102-51-44(78-66(95)116-72(13,14)15)29-45(79-67(96)117-73(16,17)18)52(111-61-49(80-68(97)118-74(19,20)21)56(105-38(4)89)53(103-36(2)87)46(108-61)30-76-64(93)114-70(7,8)9)58(51)113-63-59(107-40(6)91)55(48(110-63)33-84-32-42(82-83-84)34-101-60(92)41-25-27-43(28-26-41)85(99)100)112-62-50(81-69(98)119-75(22,23)24)57(106-39(5)90)54(104-37(3)88)47(109-62)31-77-65(94)115-71(10,11)12/h25-28,32,44-59,61-63H,29-31,33-34H2,1-24H3,(H,76,93)(H,77,94)(H,78,95)(H,79,96)(H,80,97)(H,81,98)/t44-,45+,46-,47+,48-,49-,50-,51+,52-,53-,54-,55-,56-,57-,58-,59-,61-,62-,63+/m1/s1. The van der Waals surface area contributed by atoms with Gasteiger partial charge in [-0.1, -0.05) is 5.21 Å². The van der Waals surface area contributed by atoms with E-state index in [1.165, 1.54) is 89.3 Å². The summed E-state index contributed by atoms with van der Waals surface area (Å²) in [6.45, 7) is 30.8. The summed E-state index contributed by atoms with van der Waals surface area (Å²) in [6.07, 6.45) is -35.6. The Morgan fingerprint density at radius 1 is 0.420 bits per heavy atom. The number of carbonyl (C=O) groups is 13. The summed E-state index contributed by atoms with van der Waals surface area (Å²) in [7, 11) is 0. The van der Waals surface area contributed by atoms with E-state index < -0.39 is 266 Å². The number of alkyl carbamates (subject to hydrolysis) is 6. The predicted molar refractivity (Wildman–Crippen MR) is 402 cm³/mol. The number of nitrogens with one attached hydrogen (secondary N) is 6. The molecular formula is C75H112N10O34. The van der Waals surface area contributed by atoms with Gasteiger partial charge in [-0.15, -0.1) is 5.10 Å². The molecule has 4 heterocycles. The first kappa shape index (κ1) is 97.3. The first-order valence-electron chi connectivity index (χ1n) is 38.0. The van der Waals surface area contributed by atoms with Crippen molar-refractivity contribution in [3.8, 4) is 0 Å². The van der Waals surface area contributed by atoms with E-state index in [2.05, 4.69) is 42.2 Å². The van der Waals surface area contributed by atoms with Crippen LogP contribution in [0.15, 0.2) is 30.5 Å². The second-order valence-electron chi connectivity index (χ2n) is 34.0. The van der Waals surface area contributed by atoms with E-state index in [1.54, 1.807) is 41.5 Å². The van der Waals surface area contributed by atoms with E-state index in [-0.39, 0.29) is 16.9 Å². The molecule has 119 heavy (non-hydrogen) atoms. The zero-order valence-electron chi connectivity index (χ0n) is 71.1. The molecule has 6 N–H and O–H groups in total. The minimum absolute atomic E-state index is 0.0563. The van der Waals surface area contributed by atoms with E-state index >= 15 is 0 Å². The Morgan fingerprint density at radius 3 is 1.14 bits per heavy atom. The molecule has 44 heteroatoms. The van der Waals surface area contributed by atoms with E-state index in [9.17, 15) is 72.4 Å². The number of hydrogen-bond donors (Lipinski definition) is 6. The molecule has 666 valence electrons. The Hall–Kier alpha value is -10.6. The van der Waals surface area contributed by atoms with Gasteiger partial charge in [0.15, 0.2) is 55.5 Å². The topological polar surface area (TPSA) is 543 Å². The third-order valence-corrected chi connectivity index (χ3v) is 16.3. The molecule has 6 rings (SSSR count). The summed E-state index contributed by atoms with van der Waals surface area (Å²) in [5, 5.41) is 35.5. The maximum Gasteiger partial charge on any atom is 0.408 e. The molecule has 6 amide bonds. The van der Waals surface area contributed by atoms with E-state index in [1.807, 2.05) is 0 Å². The van der Waals surface area contributed by atoms with Crippen LogP contribution in [0.2, 0.25) is 0 Å².